The van der Waals surface area contributed by atoms with Crippen molar-refractivity contribution in [1.82, 2.24) is 15.2 Å². The first-order chi connectivity index (χ1) is 13.5. The van der Waals surface area contributed by atoms with Crippen molar-refractivity contribution in [2.45, 2.75) is 70.9 Å². The number of H-pyrrole nitrogens is 1. The number of halogens is 1. The van der Waals surface area contributed by atoms with Gasteiger partial charge in [0.05, 0.1) is 12.6 Å². The summed E-state index contributed by atoms with van der Waals surface area (Å²) in [5, 5.41) is 5.31. The number of nitrogens with zero attached hydrogens (tertiary/aromatic N) is 1. The van der Waals surface area contributed by atoms with Gasteiger partial charge in [-0.05, 0) is 55.4 Å². The maximum absolute atomic E-state index is 12.8. The Bertz CT molecular complexity index is 838. The standard InChI is InChI=1S/C23H32ClN3O/c1-15(2)12-21-23-18(19-13-16(24)8-9-20(19)26-23)10-11-27(21)14-22(28)25-17-6-4-3-5-7-17/h8-9,13,15,17,21,26H,3-7,10-12,14H2,1-2H3,(H,25,28). The Morgan fingerprint density at radius 1 is 1.29 bits per heavy atom. The monoisotopic (exact) mass is 401 g/mol. The predicted octanol–water partition coefficient (Wildman–Crippen LogP) is 5.22. The van der Waals surface area contributed by atoms with Crippen LogP contribution in [0.3, 0.4) is 0 Å². The Labute approximate surface area is 173 Å². The summed E-state index contributed by atoms with van der Waals surface area (Å²) in [7, 11) is 0. The number of rotatable bonds is 5. The molecule has 152 valence electrons. The normalized spacial score (nSPS) is 21.2. The number of fused-ring (bicyclic) bond motifs is 3. The van der Waals surface area contributed by atoms with Crippen molar-refractivity contribution in [3.05, 3.63) is 34.5 Å². The molecule has 1 aromatic heterocycles. The van der Waals surface area contributed by atoms with E-state index < -0.39 is 0 Å². The third-order valence-electron chi connectivity index (χ3n) is 6.34. The molecule has 4 rings (SSSR count). The van der Waals surface area contributed by atoms with Crippen molar-refractivity contribution in [3.8, 4) is 0 Å². The van der Waals surface area contributed by atoms with E-state index in [-0.39, 0.29) is 11.9 Å². The van der Waals surface area contributed by atoms with Crippen LogP contribution >= 0.6 is 11.6 Å². The maximum atomic E-state index is 12.8. The van der Waals surface area contributed by atoms with E-state index in [1.54, 1.807) is 0 Å². The van der Waals surface area contributed by atoms with E-state index in [0.717, 1.165) is 42.8 Å². The molecule has 1 fully saturated rings. The van der Waals surface area contributed by atoms with Crippen molar-refractivity contribution in [2.75, 3.05) is 13.1 Å². The van der Waals surface area contributed by atoms with Gasteiger partial charge in [-0.2, -0.15) is 0 Å². The van der Waals surface area contributed by atoms with E-state index in [1.807, 2.05) is 6.07 Å². The lowest BCUT2D eigenvalue weighted by atomic mass is 9.91. The molecule has 0 radical (unpaired) electrons. The highest BCUT2D eigenvalue weighted by Crippen LogP contribution is 2.38. The van der Waals surface area contributed by atoms with Gasteiger partial charge in [0.15, 0.2) is 0 Å². The lowest BCUT2D eigenvalue weighted by Crippen LogP contribution is -2.46. The molecule has 2 heterocycles. The number of benzene rings is 1. The lowest BCUT2D eigenvalue weighted by Gasteiger charge is -2.36. The first-order valence-electron chi connectivity index (χ1n) is 10.8. The zero-order chi connectivity index (χ0) is 19.7. The Hall–Kier alpha value is -1.52. The van der Waals surface area contributed by atoms with Crippen LogP contribution in [0.2, 0.25) is 5.02 Å². The second kappa shape index (κ2) is 8.46. The molecule has 1 unspecified atom stereocenters. The van der Waals surface area contributed by atoms with E-state index in [4.69, 9.17) is 11.6 Å². The number of aromatic amines is 1. The second-order valence-corrected chi connectivity index (χ2v) is 9.41. The Balaban J connectivity index is 1.54. The van der Waals surface area contributed by atoms with Crippen molar-refractivity contribution in [2.24, 2.45) is 5.92 Å². The Morgan fingerprint density at radius 2 is 2.07 bits per heavy atom. The van der Waals surface area contributed by atoms with Crippen LogP contribution in [0, 0.1) is 5.92 Å². The molecule has 5 heteroatoms. The molecule has 0 bridgehead atoms. The lowest BCUT2D eigenvalue weighted by molar-refractivity contribution is -0.124. The fourth-order valence-corrected chi connectivity index (χ4v) is 5.17. The summed E-state index contributed by atoms with van der Waals surface area (Å²) < 4.78 is 0. The summed E-state index contributed by atoms with van der Waals surface area (Å²) in [6.07, 6.45) is 8.06. The molecule has 0 spiro atoms. The van der Waals surface area contributed by atoms with Gasteiger partial charge in [0.2, 0.25) is 5.91 Å². The van der Waals surface area contributed by atoms with Crippen molar-refractivity contribution < 1.29 is 4.79 Å². The van der Waals surface area contributed by atoms with Gasteiger partial charge in [-0.25, -0.2) is 0 Å². The number of nitrogens with one attached hydrogen (secondary N) is 2. The van der Waals surface area contributed by atoms with Crippen LogP contribution in [0.15, 0.2) is 18.2 Å². The van der Waals surface area contributed by atoms with Gasteiger partial charge in [0, 0.05) is 34.2 Å². The van der Waals surface area contributed by atoms with Crippen LogP contribution in [0.25, 0.3) is 10.9 Å². The topological polar surface area (TPSA) is 48.1 Å². The summed E-state index contributed by atoms with van der Waals surface area (Å²) in [5.74, 6) is 0.748. The number of carbonyl (C=O) groups excluding carboxylic acids is 1. The van der Waals surface area contributed by atoms with Gasteiger partial charge in [-0.1, -0.05) is 44.7 Å². The number of carbonyl (C=O) groups is 1. The molecule has 1 amide bonds. The first kappa shape index (κ1) is 19.8. The molecule has 2 N–H and O–H groups in total. The summed E-state index contributed by atoms with van der Waals surface area (Å²) in [5.41, 5.74) is 3.81. The van der Waals surface area contributed by atoms with Gasteiger partial charge in [-0.15, -0.1) is 0 Å². The zero-order valence-electron chi connectivity index (χ0n) is 17.1. The fraction of sp³-hybridized carbons (Fsp3) is 0.609. The summed E-state index contributed by atoms with van der Waals surface area (Å²) in [6, 6.07) is 6.72. The van der Waals surface area contributed by atoms with Gasteiger partial charge in [0.1, 0.15) is 0 Å². The van der Waals surface area contributed by atoms with Crippen LogP contribution in [-0.4, -0.2) is 34.9 Å². The molecule has 4 nitrogen and oxygen atoms in total. The zero-order valence-corrected chi connectivity index (χ0v) is 17.8. The van der Waals surface area contributed by atoms with E-state index >= 15 is 0 Å². The number of aromatic nitrogens is 1. The molecule has 2 aliphatic rings. The molecule has 1 aromatic carbocycles. The highest BCUT2D eigenvalue weighted by molar-refractivity contribution is 6.31. The van der Waals surface area contributed by atoms with E-state index in [9.17, 15) is 4.79 Å². The van der Waals surface area contributed by atoms with Crippen LogP contribution in [0.5, 0.6) is 0 Å². The third kappa shape index (κ3) is 4.23. The van der Waals surface area contributed by atoms with Crippen LogP contribution in [0.1, 0.15) is 69.7 Å². The second-order valence-electron chi connectivity index (χ2n) is 8.98. The third-order valence-corrected chi connectivity index (χ3v) is 6.57. The number of hydrogen-bond acceptors (Lipinski definition) is 2. The minimum Gasteiger partial charge on any atom is -0.357 e. The minimum atomic E-state index is 0.184. The molecule has 2 aromatic rings. The molecular formula is C23H32ClN3O. The van der Waals surface area contributed by atoms with Gasteiger partial charge in [-0.3, -0.25) is 9.69 Å². The summed E-state index contributed by atoms with van der Waals surface area (Å²) >= 11 is 6.25. The minimum absolute atomic E-state index is 0.184. The van der Waals surface area contributed by atoms with Crippen LogP contribution < -0.4 is 5.32 Å². The fourth-order valence-electron chi connectivity index (χ4n) is 5.00. The highest BCUT2D eigenvalue weighted by Gasteiger charge is 2.32. The van der Waals surface area contributed by atoms with Gasteiger partial charge in [0.25, 0.3) is 0 Å². The highest BCUT2D eigenvalue weighted by atomic mass is 35.5. The molecule has 0 saturated heterocycles. The largest absolute Gasteiger partial charge is 0.357 e. The number of amides is 1. The van der Waals surface area contributed by atoms with E-state index in [0.29, 0.717) is 18.5 Å². The quantitative estimate of drug-likeness (QED) is 0.721. The van der Waals surface area contributed by atoms with E-state index in [2.05, 4.69) is 41.2 Å². The molecular weight excluding hydrogens is 370 g/mol. The summed E-state index contributed by atoms with van der Waals surface area (Å²) in [4.78, 5) is 18.8. The van der Waals surface area contributed by atoms with Crippen LogP contribution in [0.4, 0.5) is 0 Å². The first-order valence-corrected chi connectivity index (χ1v) is 11.2. The maximum Gasteiger partial charge on any atom is 0.234 e. The SMILES string of the molecule is CC(C)CC1c2[nH]c3ccc(Cl)cc3c2CCN1CC(=O)NC1CCCCC1. The van der Waals surface area contributed by atoms with Gasteiger partial charge < -0.3 is 10.3 Å². The molecule has 1 atom stereocenters. The Kier molecular flexibility index (Phi) is 5.98. The van der Waals surface area contributed by atoms with Crippen LogP contribution in [-0.2, 0) is 11.2 Å². The predicted molar refractivity (Wildman–Crippen MR) is 116 cm³/mol. The average molecular weight is 402 g/mol. The summed E-state index contributed by atoms with van der Waals surface area (Å²) in [6.45, 7) is 5.92. The molecule has 1 aliphatic carbocycles. The molecule has 1 saturated carbocycles. The van der Waals surface area contributed by atoms with Crippen molar-refractivity contribution in [3.63, 3.8) is 0 Å². The van der Waals surface area contributed by atoms with Crippen molar-refractivity contribution >= 4 is 28.4 Å². The van der Waals surface area contributed by atoms with Gasteiger partial charge >= 0.3 is 0 Å². The average Bonchev–Trinajstić information content (AvgIpc) is 3.02. The molecule has 28 heavy (non-hydrogen) atoms. The molecule has 1 aliphatic heterocycles. The van der Waals surface area contributed by atoms with Crippen molar-refractivity contribution in [1.29, 1.82) is 0 Å². The number of hydrogen-bond donors (Lipinski definition) is 2. The Morgan fingerprint density at radius 3 is 2.82 bits per heavy atom. The smallest absolute Gasteiger partial charge is 0.234 e. The van der Waals surface area contributed by atoms with E-state index in [1.165, 1.54) is 35.9 Å².